The monoisotopic (exact) mass is 273 g/mol. The van der Waals surface area contributed by atoms with Crippen molar-refractivity contribution in [3.05, 3.63) is 0 Å². The lowest BCUT2D eigenvalue weighted by Crippen LogP contribution is -2.51. The van der Waals surface area contributed by atoms with Gasteiger partial charge in [-0.3, -0.25) is 4.79 Å². The molecule has 1 aliphatic rings. The maximum atomic E-state index is 12.1. The van der Waals surface area contributed by atoms with Gasteiger partial charge in [-0.05, 0) is 20.4 Å². The Morgan fingerprint density at radius 3 is 2.83 bits per heavy atom. The van der Waals surface area contributed by atoms with Gasteiger partial charge in [-0.15, -0.1) is 0 Å². The highest BCUT2D eigenvalue weighted by molar-refractivity contribution is 7.80. The summed E-state index contributed by atoms with van der Waals surface area (Å²) in [4.78, 5) is 14.5. The van der Waals surface area contributed by atoms with Crippen LogP contribution in [0.4, 0.5) is 0 Å². The molecule has 2 unspecified atom stereocenters. The van der Waals surface area contributed by atoms with Gasteiger partial charge < -0.3 is 20.7 Å². The van der Waals surface area contributed by atoms with E-state index in [9.17, 15) is 4.79 Å². The van der Waals surface area contributed by atoms with E-state index in [4.69, 9.17) is 22.7 Å². The molecule has 0 bridgehead atoms. The quantitative estimate of drug-likeness (QED) is 0.697. The summed E-state index contributed by atoms with van der Waals surface area (Å²) in [7, 11) is 2.04. The molecule has 0 radical (unpaired) electrons. The van der Waals surface area contributed by atoms with Crippen LogP contribution in [0.1, 0.15) is 20.3 Å². The molecule has 1 rings (SSSR count). The predicted octanol–water partition coefficient (Wildman–Crippen LogP) is 0.136. The van der Waals surface area contributed by atoms with Crippen molar-refractivity contribution in [3.8, 4) is 0 Å². The van der Waals surface area contributed by atoms with Gasteiger partial charge in [-0.25, -0.2) is 0 Å². The van der Waals surface area contributed by atoms with E-state index in [1.54, 1.807) is 6.92 Å². The minimum absolute atomic E-state index is 0.0418. The summed E-state index contributed by atoms with van der Waals surface area (Å²) in [5.74, 6) is -0.116. The molecule has 18 heavy (non-hydrogen) atoms. The highest BCUT2D eigenvalue weighted by Crippen LogP contribution is 2.21. The van der Waals surface area contributed by atoms with Gasteiger partial charge in [0.05, 0.1) is 23.1 Å². The summed E-state index contributed by atoms with van der Waals surface area (Å²) < 4.78 is 5.59. The number of hydrogen-bond donors (Lipinski definition) is 2. The number of amides is 1. The van der Waals surface area contributed by atoms with Crippen LogP contribution in [0, 0.1) is 5.41 Å². The first-order valence-corrected chi connectivity index (χ1v) is 6.69. The van der Waals surface area contributed by atoms with Crippen LogP contribution in [-0.4, -0.2) is 55.2 Å². The standard InChI is InChI=1S/C12H23N3O2S/c1-4-12(2,10(13)18)11(16)14-7-9-8-15(3)5-6-17-9/h9H,4-8H2,1-3H3,(H2,13,18)(H,14,16). The number of carbonyl (C=O) groups is 1. The minimum atomic E-state index is -0.768. The number of carbonyl (C=O) groups excluding carboxylic acids is 1. The molecular formula is C12H23N3O2S. The van der Waals surface area contributed by atoms with Crippen molar-refractivity contribution in [2.45, 2.75) is 26.4 Å². The fraction of sp³-hybridized carbons (Fsp3) is 0.833. The van der Waals surface area contributed by atoms with E-state index in [0.29, 0.717) is 19.6 Å². The molecule has 5 nitrogen and oxygen atoms in total. The van der Waals surface area contributed by atoms with Crippen molar-refractivity contribution in [1.82, 2.24) is 10.2 Å². The second-order valence-electron chi connectivity index (χ2n) is 5.01. The van der Waals surface area contributed by atoms with Gasteiger partial charge in [-0.2, -0.15) is 0 Å². The summed E-state index contributed by atoms with van der Waals surface area (Å²) >= 11 is 4.97. The predicted molar refractivity (Wildman–Crippen MR) is 75.4 cm³/mol. The first-order valence-electron chi connectivity index (χ1n) is 6.28. The van der Waals surface area contributed by atoms with Gasteiger partial charge in [0.25, 0.3) is 0 Å². The van der Waals surface area contributed by atoms with Crippen LogP contribution in [0.25, 0.3) is 0 Å². The second-order valence-corrected chi connectivity index (χ2v) is 5.45. The third-order valence-corrected chi connectivity index (χ3v) is 4.03. The van der Waals surface area contributed by atoms with Crippen molar-refractivity contribution in [2.24, 2.45) is 11.1 Å². The summed E-state index contributed by atoms with van der Waals surface area (Å²) in [6.45, 7) is 6.65. The van der Waals surface area contributed by atoms with E-state index in [0.717, 1.165) is 13.1 Å². The maximum absolute atomic E-state index is 12.1. The molecule has 0 aromatic heterocycles. The molecule has 3 N–H and O–H groups in total. The number of nitrogens with zero attached hydrogens (tertiary/aromatic N) is 1. The summed E-state index contributed by atoms with van der Waals surface area (Å²) in [6.07, 6.45) is 0.639. The Morgan fingerprint density at radius 1 is 1.67 bits per heavy atom. The number of rotatable bonds is 5. The van der Waals surface area contributed by atoms with Crippen LogP contribution in [0.3, 0.4) is 0 Å². The zero-order valence-corrected chi connectivity index (χ0v) is 12.2. The average molecular weight is 273 g/mol. The zero-order valence-electron chi connectivity index (χ0n) is 11.4. The molecule has 104 valence electrons. The first-order chi connectivity index (χ1) is 8.40. The Bertz CT molecular complexity index is 324. The highest BCUT2D eigenvalue weighted by atomic mass is 32.1. The van der Waals surface area contributed by atoms with Crippen molar-refractivity contribution in [2.75, 3.05) is 33.3 Å². The lowest BCUT2D eigenvalue weighted by Gasteiger charge is -2.31. The summed E-state index contributed by atoms with van der Waals surface area (Å²) in [6, 6.07) is 0. The smallest absolute Gasteiger partial charge is 0.232 e. The van der Waals surface area contributed by atoms with E-state index < -0.39 is 5.41 Å². The number of nitrogens with two attached hydrogens (primary N) is 1. The molecule has 0 aromatic rings. The molecule has 1 saturated heterocycles. The van der Waals surface area contributed by atoms with Gasteiger partial charge in [0.15, 0.2) is 0 Å². The molecule has 1 fully saturated rings. The fourth-order valence-electron chi connectivity index (χ4n) is 1.84. The van der Waals surface area contributed by atoms with Gasteiger partial charge in [-0.1, -0.05) is 19.1 Å². The van der Waals surface area contributed by atoms with Crippen molar-refractivity contribution >= 4 is 23.1 Å². The number of ether oxygens (including phenoxy) is 1. The molecule has 0 aromatic carbocycles. The Hall–Kier alpha value is -0.720. The SMILES string of the molecule is CCC(C)(C(=O)NCC1CN(C)CCO1)C(N)=S. The molecule has 0 saturated carbocycles. The summed E-state index contributed by atoms with van der Waals surface area (Å²) in [5, 5.41) is 2.89. The fourth-order valence-corrected chi connectivity index (χ4v) is 2.08. The van der Waals surface area contributed by atoms with Crippen molar-refractivity contribution in [1.29, 1.82) is 0 Å². The lowest BCUT2D eigenvalue weighted by molar-refractivity contribution is -0.128. The van der Waals surface area contributed by atoms with Crippen LogP contribution < -0.4 is 11.1 Å². The molecule has 6 heteroatoms. The first kappa shape index (κ1) is 15.3. The third-order valence-electron chi connectivity index (χ3n) is 3.58. The molecule has 1 heterocycles. The normalized spacial score (nSPS) is 24.3. The largest absolute Gasteiger partial charge is 0.392 e. The van der Waals surface area contributed by atoms with Gasteiger partial charge in [0.1, 0.15) is 0 Å². The highest BCUT2D eigenvalue weighted by Gasteiger charge is 2.34. The topological polar surface area (TPSA) is 67.6 Å². The van der Waals surface area contributed by atoms with Crippen LogP contribution in [0.15, 0.2) is 0 Å². The van der Waals surface area contributed by atoms with Crippen molar-refractivity contribution < 1.29 is 9.53 Å². The van der Waals surface area contributed by atoms with Crippen LogP contribution >= 0.6 is 12.2 Å². The lowest BCUT2D eigenvalue weighted by atomic mass is 9.86. The van der Waals surface area contributed by atoms with E-state index >= 15 is 0 Å². The maximum Gasteiger partial charge on any atom is 0.232 e. The molecule has 2 atom stereocenters. The number of likely N-dealkylation sites (N-methyl/N-ethyl adjacent to an activating group) is 1. The Kier molecular flexibility index (Phi) is 5.49. The number of hydrogen-bond acceptors (Lipinski definition) is 4. The molecule has 0 aliphatic carbocycles. The number of nitrogens with one attached hydrogen (secondary N) is 1. The van der Waals surface area contributed by atoms with Crippen LogP contribution in [-0.2, 0) is 9.53 Å². The number of morpholine rings is 1. The van der Waals surface area contributed by atoms with Crippen LogP contribution in [0.5, 0.6) is 0 Å². The third kappa shape index (κ3) is 3.63. The molecule has 1 amide bonds. The van der Waals surface area contributed by atoms with E-state index in [1.165, 1.54) is 0 Å². The van der Waals surface area contributed by atoms with E-state index in [2.05, 4.69) is 10.2 Å². The van der Waals surface area contributed by atoms with Gasteiger partial charge in [0, 0.05) is 19.6 Å². The van der Waals surface area contributed by atoms with Crippen LogP contribution in [0.2, 0.25) is 0 Å². The zero-order chi connectivity index (χ0) is 13.8. The minimum Gasteiger partial charge on any atom is -0.392 e. The Morgan fingerprint density at radius 2 is 2.33 bits per heavy atom. The van der Waals surface area contributed by atoms with Gasteiger partial charge >= 0.3 is 0 Å². The Balaban J connectivity index is 2.47. The van der Waals surface area contributed by atoms with E-state index in [-0.39, 0.29) is 17.0 Å². The average Bonchev–Trinajstić information content (AvgIpc) is 2.34. The van der Waals surface area contributed by atoms with Gasteiger partial charge in [0.2, 0.25) is 5.91 Å². The summed E-state index contributed by atoms with van der Waals surface area (Å²) in [5.41, 5.74) is 4.88. The van der Waals surface area contributed by atoms with E-state index in [1.807, 2.05) is 14.0 Å². The second kappa shape index (κ2) is 6.45. The molecule has 0 spiro atoms. The molecular weight excluding hydrogens is 250 g/mol. The molecule has 1 aliphatic heterocycles. The number of thiocarbonyl (C=S) groups is 1. The van der Waals surface area contributed by atoms with Crippen molar-refractivity contribution in [3.63, 3.8) is 0 Å². The Labute approximate surface area is 114 Å².